The minimum Gasteiger partial charge on any atom is -0.207 e. The second kappa shape index (κ2) is 4.34. The van der Waals surface area contributed by atoms with Gasteiger partial charge in [-0.1, -0.05) is 18.7 Å². The Hall–Kier alpha value is -1.51. The average molecular weight is 212 g/mol. The lowest BCUT2D eigenvalue weighted by atomic mass is 10.0. The Morgan fingerprint density at radius 3 is 2.40 bits per heavy atom. The number of hydrogen-bond acceptors (Lipinski definition) is 0. The van der Waals surface area contributed by atoms with Crippen LogP contribution < -0.4 is 0 Å². The van der Waals surface area contributed by atoms with Crippen LogP contribution in [0.3, 0.4) is 0 Å². The predicted molar refractivity (Wildman–Crippen MR) is 55.9 cm³/mol. The molecule has 0 aromatic heterocycles. The molecule has 0 N–H and O–H groups in total. The number of benzene rings is 1. The van der Waals surface area contributed by atoms with E-state index >= 15 is 0 Å². The molecule has 0 aliphatic carbocycles. The molecule has 0 nitrogen and oxygen atoms in total. The van der Waals surface area contributed by atoms with Crippen LogP contribution in [-0.4, -0.2) is 0 Å². The minimum atomic E-state index is -1.17. The molecule has 3 heteroatoms. The van der Waals surface area contributed by atoms with Crippen molar-refractivity contribution in [3.8, 4) is 0 Å². The summed E-state index contributed by atoms with van der Waals surface area (Å²) < 4.78 is 39.9. The summed E-state index contributed by atoms with van der Waals surface area (Å²) >= 11 is 0. The molecular formula is C12H11F3. The van der Waals surface area contributed by atoms with Crippen molar-refractivity contribution in [2.75, 3.05) is 0 Å². The van der Waals surface area contributed by atoms with Crippen molar-refractivity contribution >= 4 is 11.9 Å². The summed E-state index contributed by atoms with van der Waals surface area (Å²) in [5, 5.41) is 0. The topological polar surface area (TPSA) is 0 Å². The van der Waals surface area contributed by atoms with Gasteiger partial charge < -0.3 is 0 Å². The van der Waals surface area contributed by atoms with E-state index in [-0.39, 0.29) is 16.7 Å². The molecule has 0 saturated heterocycles. The highest BCUT2D eigenvalue weighted by Gasteiger charge is 2.17. The van der Waals surface area contributed by atoms with E-state index in [9.17, 15) is 13.2 Å². The van der Waals surface area contributed by atoms with Crippen molar-refractivity contribution in [1.82, 2.24) is 0 Å². The Bertz CT molecular complexity index is 431. The molecule has 0 amide bonds. The van der Waals surface area contributed by atoms with E-state index in [1.807, 2.05) is 0 Å². The van der Waals surface area contributed by atoms with Crippen LogP contribution in [0.4, 0.5) is 13.2 Å². The van der Waals surface area contributed by atoms with Crippen molar-refractivity contribution in [1.29, 1.82) is 0 Å². The first-order valence-electron chi connectivity index (χ1n) is 4.46. The fourth-order valence-electron chi connectivity index (χ4n) is 1.33. The third-order valence-corrected chi connectivity index (χ3v) is 2.13. The molecule has 0 unspecified atom stereocenters. The van der Waals surface area contributed by atoms with Gasteiger partial charge in [-0.3, -0.25) is 0 Å². The molecule has 0 aliphatic heterocycles. The summed E-state index contributed by atoms with van der Waals surface area (Å²) in [6, 6.07) is 1.36. The number of aryl methyl sites for hydroxylation is 1. The molecule has 0 saturated carbocycles. The Labute approximate surface area is 86.7 Å². The molecule has 0 bridgehead atoms. The van der Waals surface area contributed by atoms with Crippen LogP contribution in [0.5, 0.6) is 0 Å². The van der Waals surface area contributed by atoms with Gasteiger partial charge in [-0.05, 0) is 31.0 Å². The lowest BCUT2D eigenvalue weighted by Crippen LogP contribution is -1.98. The second-order valence-corrected chi connectivity index (χ2v) is 3.13. The first-order valence-corrected chi connectivity index (χ1v) is 4.46. The summed E-state index contributed by atoms with van der Waals surface area (Å²) in [5.41, 5.74) is 0.0210. The fraction of sp³-hybridized carbons (Fsp3) is 0.167. The van der Waals surface area contributed by atoms with E-state index in [0.29, 0.717) is 0 Å². The maximum atomic E-state index is 13.4. The van der Waals surface area contributed by atoms with Gasteiger partial charge >= 0.3 is 0 Å². The molecule has 1 aromatic carbocycles. The van der Waals surface area contributed by atoms with Crippen molar-refractivity contribution in [3.63, 3.8) is 0 Å². The highest BCUT2D eigenvalue weighted by molar-refractivity contribution is 5.70. The molecule has 0 spiro atoms. The van der Waals surface area contributed by atoms with Gasteiger partial charge in [-0.2, -0.15) is 0 Å². The highest BCUT2D eigenvalue weighted by Crippen LogP contribution is 2.28. The summed E-state index contributed by atoms with van der Waals surface area (Å²) in [6.07, 6.45) is 2.38. The summed E-state index contributed by atoms with van der Waals surface area (Å²) in [7, 11) is 0. The lowest BCUT2D eigenvalue weighted by molar-refractivity contribution is 0.497. The van der Waals surface area contributed by atoms with Crippen LogP contribution in [0.15, 0.2) is 18.7 Å². The smallest absolute Gasteiger partial charge is 0.169 e. The molecule has 15 heavy (non-hydrogen) atoms. The van der Waals surface area contributed by atoms with Crippen LogP contribution in [0, 0.1) is 18.6 Å². The van der Waals surface area contributed by atoms with E-state index in [4.69, 9.17) is 0 Å². The number of rotatable bonds is 2. The van der Waals surface area contributed by atoms with E-state index in [2.05, 4.69) is 6.58 Å². The quantitative estimate of drug-likeness (QED) is 0.687. The predicted octanol–water partition coefficient (Wildman–Crippen LogP) is 4.25. The van der Waals surface area contributed by atoms with E-state index in [0.717, 1.165) is 6.08 Å². The molecule has 0 heterocycles. The van der Waals surface area contributed by atoms with Gasteiger partial charge in [0.15, 0.2) is 11.6 Å². The summed E-state index contributed by atoms with van der Waals surface area (Å²) in [6.45, 7) is 6.27. The lowest BCUT2D eigenvalue weighted by Gasteiger charge is -2.08. The molecule has 1 rings (SSSR count). The maximum Gasteiger partial charge on any atom is 0.169 e. The van der Waals surface area contributed by atoms with Crippen molar-refractivity contribution in [3.05, 3.63) is 47.0 Å². The zero-order valence-electron chi connectivity index (χ0n) is 8.57. The molecule has 0 atom stereocenters. The zero-order chi connectivity index (χ0) is 11.6. The Morgan fingerprint density at radius 2 is 1.93 bits per heavy atom. The monoisotopic (exact) mass is 212 g/mol. The standard InChI is InChI=1S/C12H11F3/c1-4-8-6-7(3)11(14)12(15)10(8)9(13)5-2/h4-6H,1H2,2-3H3/b9-5+. The normalized spacial score (nSPS) is 11.7. The van der Waals surface area contributed by atoms with Crippen molar-refractivity contribution in [2.45, 2.75) is 13.8 Å². The molecule has 0 radical (unpaired) electrons. The van der Waals surface area contributed by atoms with E-state index in [1.165, 1.54) is 26.0 Å². The Balaban J connectivity index is 3.61. The van der Waals surface area contributed by atoms with Gasteiger partial charge in [0.2, 0.25) is 0 Å². The molecular weight excluding hydrogens is 201 g/mol. The van der Waals surface area contributed by atoms with Crippen molar-refractivity contribution < 1.29 is 13.2 Å². The minimum absolute atomic E-state index is 0.134. The van der Waals surface area contributed by atoms with Crippen LogP contribution in [0.25, 0.3) is 11.9 Å². The van der Waals surface area contributed by atoms with Crippen LogP contribution in [0.2, 0.25) is 0 Å². The van der Waals surface area contributed by atoms with Gasteiger partial charge in [0.1, 0.15) is 5.83 Å². The third kappa shape index (κ3) is 1.96. The van der Waals surface area contributed by atoms with Gasteiger partial charge in [-0.15, -0.1) is 0 Å². The molecule has 0 aliphatic rings. The van der Waals surface area contributed by atoms with Crippen molar-refractivity contribution in [2.24, 2.45) is 0 Å². The number of hydrogen-bond donors (Lipinski definition) is 0. The van der Waals surface area contributed by atoms with E-state index in [1.54, 1.807) is 0 Å². The fourth-order valence-corrected chi connectivity index (χ4v) is 1.33. The second-order valence-electron chi connectivity index (χ2n) is 3.13. The van der Waals surface area contributed by atoms with Gasteiger partial charge in [0.05, 0.1) is 5.56 Å². The third-order valence-electron chi connectivity index (χ3n) is 2.13. The SMILES string of the molecule is C=Cc1cc(C)c(F)c(F)c1/C(F)=C\C. The van der Waals surface area contributed by atoms with Gasteiger partial charge in [0.25, 0.3) is 0 Å². The maximum absolute atomic E-state index is 13.4. The van der Waals surface area contributed by atoms with Gasteiger partial charge in [0, 0.05) is 0 Å². The van der Waals surface area contributed by atoms with Crippen LogP contribution in [-0.2, 0) is 0 Å². The zero-order valence-corrected chi connectivity index (χ0v) is 8.57. The first-order chi connectivity index (χ1) is 7.02. The van der Waals surface area contributed by atoms with Gasteiger partial charge in [-0.25, -0.2) is 13.2 Å². The largest absolute Gasteiger partial charge is 0.207 e. The summed E-state index contributed by atoms with van der Waals surface area (Å²) in [4.78, 5) is 0. The Kier molecular flexibility index (Phi) is 3.35. The van der Waals surface area contributed by atoms with E-state index < -0.39 is 17.5 Å². The first kappa shape index (κ1) is 11.6. The summed E-state index contributed by atoms with van der Waals surface area (Å²) in [5.74, 6) is -2.98. The number of halogens is 3. The average Bonchev–Trinajstić information content (AvgIpc) is 2.24. The van der Waals surface area contributed by atoms with Crippen LogP contribution >= 0.6 is 0 Å². The highest BCUT2D eigenvalue weighted by atomic mass is 19.2. The molecule has 0 fully saturated rings. The Morgan fingerprint density at radius 1 is 1.33 bits per heavy atom. The number of allylic oxidation sites excluding steroid dienone is 1. The molecule has 1 aromatic rings. The molecule has 80 valence electrons. The van der Waals surface area contributed by atoms with Crippen LogP contribution in [0.1, 0.15) is 23.6 Å².